The maximum Gasteiger partial charge on any atom is 0.326 e. The van der Waals surface area contributed by atoms with Gasteiger partial charge in [0, 0.05) is 5.69 Å². The molecular weight excluding hydrogens is 288 g/mol. The summed E-state index contributed by atoms with van der Waals surface area (Å²) in [5.74, 6) is 0.754. The van der Waals surface area contributed by atoms with E-state index in [9.17, 15) is 4.79 Å². The van der Waals surface area contributed by atoms with Gasteiger partial charge in [-0.25, -0.2) is 4.79 Å². The Bertz CT molecular complexity index is 755. The number of amides is 2. The van der Waals surface area contributed by atoms with E-state index in [0.717, 1.165) is 28.3 Å². The van der Waals surface area contributed by atoms with Crippen molar-refractivity contribution in [2.75, 3.05) is 16.8 Å². The number of carbonyl (C=O) groups is 1. The van der Waals surface area contributed by atoms with Gasteiger partial charge in [-0.3, -0.25) is 4.90 Å². The molecule has 2 amide bonds. The van der Waals surface area contributed by atoms with E-state index in [4.69, 9.17) is 4.74 Å². The fraction of sp³-hybridized carbons (Fsp3) is 0.316. The summed E-state index contributed by atoms with van der Waals surface area (Å²) >= 11 is 0. The molecular formula is C19H22N2O2. The lowest BCUT2D eigenvalue weighted by atomic mass is 10.1. The number of rotatable bonds is 1. The molecule has 1 atom stereocenters. The van der Waals surface area contributed by atoms with Crippen LogP contribution in [0.25, 0.3) is 0 Å². The van der Waals surface area contributed by atoms with Gasteiger partial charge in [0.25, 0.3) is 0 Å². The number of fused-ring (bicyclic) bond motifs is 1. The van der Waals surface area contributed by atoms with E-state index in [-0.39, 0.29) is 12.1 Å². The van der Waals surface area contributed by atoms with Gasteiger partial charge in [0.05, 0.1) is 12.2 Å². The molecule has 0 aliphatic carbocycles. The second-order valence-corrected chi connectivity index (χ2v) is 6.24. The molecule has 1 unspecified atom stereocenters. The molecule has 0 aromatic heterocycles. The monoisotopic (exact) mass is 310 g/mol. The number of anilines is 2. The number of aryl methyl sites for hydroxylation is 3. The number of nitrogens with one attached hydrogen (secondary N) is 1. The standard InChI is InChI=1S/C19H22N2O2/c1-12-5-8-18-17(9-12)21(11-15(4)23-18)19(22)20-16-7-6-13(2)14(3)10-16/h5-10,15H,11H2,1-4H3,(H,20,22). The second-order valence-electron chi connectivity index (χ2n) is 6.24. The largest absolute Gasteiger partial charge is 0.487 e. The lowest BCUT2D eigenvalue weighted by Crippen LogP contribution is -2.44. The first-order valence-electron chi connectivity index (χ1n) is 7.87. The van der Waals surface area contributed by atoms with Crippen LogP contribution in [0.4, 0.5) is 16.2 Å². The summed E-state index contributed by atoms with van der Waals surface area (Å²) in [5.41, 5.74) is 5.11. The summed E-state index contributed by atoms with van der Waals surface area (Å²) in [6.07, 6.45) is -0.0317. The van der Waals surface area contributed by atoms with Gasteiger partial charge in [0.2, 0.25) is 0 Å². The fourth-order valence-corrected chi connectivity index (χ4v) is 2.75. The van der Waals surface area contributed by atoms with Crippen LogP contribution in [0.5, 0.6) is 5.75 Å². The predicted molar refractivity (Wildman–Crippen MR) is 93.5 cm³/mol. The van der Waals surface area contributed by atoms with Gasteiger partial charge in [-0.1, -0.05) is 12.1 Å². The lowest BCUT2D eigenvalue weighted by molar-refractivity contribution is 0.208. The smallest absolute Gasteiger partial charge is 0.326 e. The SMILES string of the molecule is Cc1ccc2c(c1)N(C(=O)Nc1ccc(C)c(C)c1)CC(C)O2. The molecule has 1 aliphatic heterocycles. The van der Waals surface area contributed by atoms with Crippen LogP contribution in [0.2, 0.25) is 0 Å². The lowest BCUT2D eigenvalue weighted by Gasteiger charge is -2.33. The molecule has 3 rings (SSSR count). The summed E-state index contributed by atoms with van der Waals surface area (Å²) < 4.78 is 5.83. The molecule has 0 spiro atoms. The second kappa shape index (κ2) is 5.95. The quantitative estimate of drug-likeness (QED) is 0.846. The third kappa shape index (κ3) is 3.16. The Morgan fingerprint density at radius 3 is 2.65 bits per heavy atom. The molecule has 120 valence electrons. The van der Waals surface area contributed by atoms with Crippen molar-refractivity contribution in [2.45, 2.75) is 33.8 Å². The van der Waals surface area contributed by atoms with Gasteiger partial charge in [-0.05, 0) is 68.7 Å². The van der Waals surface area contributed by atoms with E-state index in [1.807, 2.05) is 57.2 Å². The third-order valence-corrected chi connectivity index (χ3v) is 4.18. The van der Waals surface area contributed by atoms with E-state index in [1.54, 1.807) is 4.90 Å². The van der Waals surface area contributed by atoms with E-state index >= 15 is 0 Å². The van der Waals surface area contributed by atoms with Crippen molar-refractivity contribution in [1.82, 2.24) is 0 Å². The number of hydrogen-bond acceptors (Lipinski definition) is 2. The average Bonchev–Trinajstić information content (AvgIpc) is 2.50. The zero-order valence-corrected chi connectivity index (χ0v) is 14.0. The number of carbonyl (C=O) groups excluding carboxylic acids is 1. The summed E-state index contributed by atoms with van der Waals surface area (Å²) in [6.45, 7) is 8.62. The molecule has 0 bridgehead atoms. The van der Waals surface area contributed by atoms with E-state index in [0.29, 0.717) is 6.54 Å². The van der Waals surface area contributed by atoms with Crippen LogP contribution >= 0.6 is 0 Å². The van der Waals surface area contributed by atoms with E-state index in [2.05, 4.69) is 12.2 Å². The molecule has 23 heavy (non-hydrogen) atoms. The molecule has 4 heteroatoms. The Kier molecular flexibility index (Phi) is 3.99. The first kappa shape index (κ1) is 15.4. The van der Waals surface area contributed by atoms with Gasteiger partial charge >= 0.3 is 6.03 Å². The summed E-state index contributed by atoms with van der Waals surface area (Å²) in [5, 5.41) is 2.99. The van der Waals surface area contributed by atoms with E-state index in [1.165, 1.54) is 5.56 Å². The highest BCUT2D eigenvalue weighted by Crippen LogP contribution is 2.34. The van der Waals surface area contributed by atoms with Gasteiger partial charge in [-0.2, -0.15) is 0 Å². The van der Waals surface area contributed by atoms with Crippen molar-refractivity contribution in [3.8, 4) is 5.75 Å². The van der Waals surface area contributed by atoms with Crippen LogP contribution in [-0.2, 0) is 0 Å². The summed E-state index contributed by atoms with van der Waals surface area (Å²) in [4.78, 5) is 14.5. The van der Waals surface area contributed by atoms with Crippen molar-refractivity contribution >= 4 is 17.4 Å². The number of benzene rings is 2. The first-order chi connectivity index (χ1) is 10.9. The summed E-state index contributed by atoms with van der Waals surface area (Å²) in [6, 6.07) is 11.7. The minimum Gasteiger partial charge on any atom is -0.487 e. The number of urea groups is 1. The van der Waals surface area contributed by atoms with Crippen molar-refractivity contribution in [3.05, 3.63) is 53.1 Å². The molecule has 2 aromatic rings. The maximum absolute atomic E-state index is 12.7. The highest BCUT2D eigenvalue weighted by molar-refractivity contribution is 6.03. The zero-order valence-electron chi connectivity index (χ0n) is 14.0. The van der Waals surface area contributed by atoms with Crippen molar-refractivity contribution in [1.29, 1.82) is 0 Å². The zero-order chi connectivity index (χ0) is 16.6. The Morgan fingerprint density at radius 2 is 1.91 bits per heavy atom. The van der Waals surface area contributed by atoms with E-state index < -0.39 is 0 Å². The predicted octanol–water partition coefficient (Wildman–Crippen LogP) is 4.43. The maximum atomic E-state index is 12.7. The molecule has 1 aliphatic rings. The Labute approximate surface area is 137 Å². The normalized spacial score (nSPS) is 16.5. The van der Waals surface area contributed by atoms with Crippen LogP contribution in [0.3, 0.4) is 0 Å². The van der Waals surface area contributed by atoms with Gasteiger partial charge < -0.3 is 10.1 Å². The minimum atomic E-state index is -0.129. The molecule has 4 nitrogen and oxygen atoms in total. The van der Waals surface area contributed by atoms with Crippen LogP contribution in [0.1, 0.15) is 23.6 Å². The number of hydrogen-bond donors (Lipinski definition) is 1. The molecule has 1 N–H and O–H groups in total. The van der Waals surface area contributed by atoms with Gasteiger partial charge in [-0.15, -0.1) is 0 Å². The topological polar surface area (TPSA) is 41.6 Å². The molecule has 0 saturated heterocycles. The van der Waals surface area contributed by atoms with Crippen molar-refractivity contribution < 1.29 is 9.53 Å². The fourth-order valence-electron chi connectivity index (χ4n) is 2.75. The Balaban J connectivity index is 1.87. The highest BCUT2D eigenvalue weighted by Gasteiger charge is 2.27. The first-order valence-corrected chi connectivity index (χ1v) is 7.87. The molecule has 0 radical (unpaired) electrons. The van der Waals surface area contributed by atoms with Crippen molar-refractivity contribution in [3.63, 3.8) is 0 Å². The molecule has 1 heterocycles. The molecule has 2 aromatic carbocycles. The van der Waals surface area contributed by atoms with Crippen LogP contribution < -0.4 is 15.0 Å². The Morgan fingerprint density at radius 1 is 1.13 bits per heavy atom. The molecule has 0 fully saturated rings. The van der Waals surface area contributed by atoms with Gasteiger partial charge in [0.1, 0.15) is 11.9 Å². The summed E-state index contributed by atoms with van der Waals surface area (Å²) in [7, 11) is 0. The molecule has 0 saturated carbocycles. The number of nitrogens with zero attached hydrogens (tertiary/aromatic N) is 1. The van der Waals surface area contributed by atoms with Crippen LogP contribution in [0.15, 0.2) is 36.4 Å². The highest BCUT2D eigenvalue weighted by atomic mass is 16.5. The van der Waals surface area contributed by atoms with Gasteiger partial charge in [0.15, 0.2) is 0 Å². The average molecular weight is 310 g/mol. The third-order valence-electron chi connectivity index (χ3n) is 4.18. The number of ether oxygens (including phenoxy) is 1. The Hall–Kier alpha value is -2.49. The minimum absolute atomic E-state index is 0.0317. The van der Waals surface area contributed by atoms with Crippen LogP contribution in [-0.4, -0.2) is 18.7 Å². The van der Waals surface area contributed by atoms with Crippen LogP contribution in [0, 0.1) is 20.8 Å². The van der Waals surface area contributed by atoms with Crippen molar-refractivity contribution in [2.24, 2.45) is 0 Å².